The summed E-state index contributed by atoms with van der Waals surface area (Å²) in [6, 6.07) is 4.24. The Morgan fingerprint density at radius 2 is 1.67 bits per heavy atom. The Morgan fingerprint density at radius 3 is 2.19 bits per heavy atom. The summed E-state index contributed by atoms with van der Waals surface area (Å²) < 4.78 is 22.1. The van der Waals surface area contributed by atoms with Gasteiger partial charge in [0.15, 0.2) is 11.5 Å². The van der Waals surface area contributed by atoms with Crippen LogP contribution in [0.5, 0.6) is 23.0 Å². The molecule has 1 aliphatic carbocycles. The van der Waals surface area contributed by atoms with Gasteiger partial charge in [0.05, 0.1) is 21.3 Å². The van der Waals surface area contributed by atoms with Crippen LogP contribution < -0.4 is 24.3 Å². The van der Waals surface area contributed by atoms with E-state index in [1.54, 1.807) is 21.3 Å². The molecule has 0 saturated heterocycles. The van der Waals surface area contributed by atoms with E-state index < -0.39 is 0 Å². The van der Waals surface area contributed by atoms with Crippen molar-refractivity contribution in [3.63, 3.8) is 0 Å². The van der Waals surface area contributed by atoms with E-state index in [0.717, 1.165) is 18.6 Å². The van der Waals surface area contributed by atoms with E-state index in [9.17, 15) is 0 Å². The average molecular weight is 295 g/mol. The largest absolute Gasteiger partial charge is 0.493 e. The summed E-state index contributed by atoms with van der Waals surface area (Å²) in [6.45, 7) is 0. The van der Waals surface area contributed by atoms with Crippen LogP contribution in [0.2, 0.25) is 0 Å². The molecule has 0 amide bonds. The summed E-state index contributed by atoms with van der Waals surface area (Å²) in [6.07, 6.45) is 4.72. The lowest BCUT2D eigenvalue weighted by atomic mass is 9.93. The van der Waals surface area contributed by atoms with Crippen molar-refractivity contribution in [1.82, 2.24) is 5.32 Å². The highest BCUT2D eigenvalue weighted by atomic mass is 16.5. The first-order valence-corrected chi connectivity index (χ1v) is 7.35. The van der Waals surface area contributed by atoms with Crippen LogP contribution in [0.1, 0.15) is 25.7 Å². The molecule has 0 aromatic heterocycles. The SMILES string of the molecule is CNC1CCCC(Oc2cc(OC)c(OC)c(OC)c2)C1. The van der Waals surface area contributed by atoms with Gasteiger partial charge in [-0.25, -0.2) is 0 Å². The Balaban J connectivity index is 2.16. The monoisotopic (exact) mass is 295 g/mol. The molecule has 0 aliphatic heterocycles. The number of methoxy groups -OCH3 is 3. The molecule has 0 spiro atoms. The molecule has 2 atom stereocenters. The van der Waals surface area contributed by atoms with Crippen molar-refractivity contribution >= 4 is 0 Å². The maximum Gasteiger partial charge on any atom is 0.203 e. The van der Waals surface area contributed by atoms with Crippen LogP contribution in [0.4, 0.5) is 0 Å². The van der Waals surface area contributed by atoms with Gasteiger partial charge in [0.25, 0.3) is 0 Å². The third-order valence-electron chi connectivity index (χ3n) is 3.98. The first-order valence-electron chi connectivity index (χ1n) is 7.35. The minimum atomic E-state index is 0.221. The molecular weight excluding hydrogens is 270 g/mol. The maximum atomic E-state index is 6.12. The van der Waals surface area contributed by atoms with Crippen LogP contribution in [-0.4, -0.2) is 40.5 Å². The number of hydrogen-bond donors (Lipinski definition) is 1. The fourth-order valence-electron chi connectivity index (χ4n) is 2.83. The second-order valence-electron chi connectivity index (χ2n) is 5.25. The molecule has 5 nitrogen and oxygen atoms in total. The maximum absolute atomic E-state index is 6.12. The third-order valence-corrected chi connectivity index (χ3v) is 3.98. The predicted molar refractivity (Wildman–Crippen MR) is 81.8 cm³/mol. The molecule has 0 radical (unpaired) electrons. The molecule has 1 N–H and O–H groups in total. The van der Waals surface area contributed by atoms with E-state index in [0.29, 0.717) is 23.3 Å². The van der Waals surface area contributed by atoms with Gasteiger partial charge in [-0.2, -0.15) is 0 Å². The van der Waals surface area contributed by atoms with E-state index in [4.69, 9.17) is 18.9 Å². The normalized spacial score (nSPS) is 21.7. The third kappa shape index (κ3) is 3.73. The van der Waals surface area contributed by atoms with Crippen LogP contribution in [-0.2, 0) is 0 Å². The zero-order valence-corrected chi connectivity index (χ0v) is 13.3. The van der Waals surface area contributed by atoms with E-state index in [-0.39, 0.29) is 6.10 Å². The lowest BCUT2D eigenvalue weighted by molar-refractivity contribution is 0.136. The Labute approximate surface area is 126 Å². The van der Waals surface area contributed by atoms with Crippen molar-refractivity contribution < 1.29 is 18.9 Å². The fourth-order valence-corrected chi connectivity index (χ4v) is 2.83. The highest BCUT2D eigenvalue weighted by Gasteiger charge is 2.23. The summed E-state index contributed by atoms with van der Waals surface area (Å²) >= 11 is 0. The van der Waals surface area contributed by atoms with E-state index in [1.807, 2.05) is 19.2 Å². The minimum Gasteiger partial charge on any atom is -0.493 e. The highest BCUT2D eigenvalue weighted by molar-refractivity contribution is 5.55. The van der Waals surface area contributed by atoms with Crippen molar-refractivity contribution in [2.75, 3.05) is 28.4 Å². The van der Waals surface area contributed by atoms with Crippen LogP contribution in [0.25, 0.3) is 0 Å². The molecule has 1 aromatic rings. The van der Waals surface area contributed by atoms with Gasteiger partial charge in [0, 0.05) is 18.2 Å². The van der Waals surface area contributed by atoms with E-state index >= 15 is 0 Å². The summed E-state index contributed by atoms with van der Waals surface area (Å²) in [7, 11) is 6.82. The van der Waals surface area contributed by atoms with Crippen molar-refractivity contribution in [3.8, 4) is 23.0 Å². The molecule has 21 heavy (non-hydrogen) atoms. The topological polar surface area (TPSA) is 49.0 Å². The lowest BCUT2D eigenvalue weighted by Gasteiger charge is -2.29. The summed E-state index contributed by atoms with van der Waals surface area (Å²) in [4.78, 5) is 0. The van der Waals surface area contributed by atoms with Gasteiger partial charge in [-0.15, -0.1) is 0 Å². The molecule has 1 aliphatic rings. The Bertz CT molecular complexity index is 439. The first kappa shape index (κ1) is 15.8. The van der Waals surface area contributed by atoms with Gasteiger partial charge in [-0.3, -0.25) is 0 Å². The summed E-state index contributed by atoms with van der Waals surface area (Å²) in [5.41, 5.74) is 0. The van der Waals surface area contributed by atoms with E-state index in [2.05, 4.69) is 5.32 Å². The number of benzene rings is 1. The second-order valence-corrected chi connectivity index (χ2v) is 5.25. The minimum absolute atomic E-state index is 0.221. The highest BCUT2D eigenvalue weighted by Crippen LogP contribution is 2.41. The van der Waals surface area contributed by atoms with Crippen molar-refractivity contribution in [2.45, 2.75) is 37.8 Å². The Hall–Kier alpha value is -1.62. The number of ether oxygens (including phenoxy) is 4. The quantitative estimate of drug-likeness (QED) is 0.874. The number of hydrogen-bond acceptors (Lipinski definition) is 5. The summed E-state index contributed by atoms with van der Waals surface area (Å²) in [5, 5.41) is 3.33. The summed E-state index contributed by atoms with van der Waals surface area (Å²) in [5.74, 6) is 2.58. The van der Waals surface area contributed by atoms with Gasteiger partial charge >= 0.3 is 0 Å². The molecule has 0 bridgehead atoms. The smallest absolute Gasteiger partial charge is 0.203 e. The van der Waals surface area contributed by atoms with Crippen LogP contribution in [0.15, 0.2) is 12.1 Å². The molecule has 0 heterocycles. The zero-order chi connectivity index (χ0) is 15.2. The van der Waals surface area contributed by atoms with Crippen LogP contribution in [0.3, 0.4) is 0 Å². The van der Waals surface area contributed by atoms with Gasteiger partial charge in [0.2, 0.25) is 5.75 Å². The standard InChI is InChI=1S/C16H25NO4/c1-17-11-6-5-7-12(8-11)21-13-9-14(18-2)16(20-4)15(10-13)19-3/h9-12,17H,5-8H2,1-4H3. The number of nitrogens with one attached hydrogen (secondary N) is 1. The average Bonchev–Trinajstić information content (AvgIpc) is 2.53. The first-order chi connectivity index (χ1) is 10.2. The van der Waals surface area contributed by atoms with Crippen molar-refractivity contribution in [2.24, 2.45) is 0 Å². The fraction of sp³-hybridized carbons (Fsp3) is 0.625. The molecular formula is C16H25NO4. The Morgan fingerprint density at radius 1 is 1.00 bits per heavy atom. The molecule has 118 valence electrons. The molecule has 1 fully saturated rings. The molecule has 2 unspecified atom stereocenters. The molecule has 2 rings (SSSR count). The molecule has 5 heteroatoms. The van der Waals surface area contributed by atoms with Gasteiger partial charge in [-0.05, 0) is 32.7 Å². The number of rotatable bonds is 6. The van der Waals surface area contributed by atoms with Gasteiger partial charge in [-0.1, -0.05) is 0 Å². The van der Waals surface area contributed by atoms with Gasteiger partial charge in [0.1, 0.15) is 11.9 Å². The molecule has 1 aromatic carbocycles. The van der Waals surface area contributed by atoms with Crippen LogP contribution >= 0.6 is 0 Å². The van der Waals surface area contributed by atoms with Crippen molar-refractivity contribution in [3.05, 3.63) is 12.1 Å². The predicted octanol–water partition coefficient (Wildman–Crippen LogP) is 2.62. The zero-order valence-electron chi connectivity index (χ0n) is 13.3. The van der Waals surface area contributed by atoms with Crippen LogP contribution in [0, 0.1) is 0 Å². The Kier molecular flexibility index (Phi) is 5.56. The molecule has 1 saturated carbocycles. The lowest BCUT2D eigenvalue weighted by Crippen LogP contribution is -2.36. The van der Waals surface area contributed by atoms with Gasteiger partial charge < -0.3 is 24.3 Å². The van der Waals surface area contributed by atoms with E-state index in [1.165, 1.54) is 12.8 Å². The van der Waals surface area contributed by atoms with Crippen molar-refractivity contribution in [1.29, 1.82) is 0 Å². The second kappa shape index (κ2) is 7.41.